The molecule has 34 heavy (non-hydrogen) atoms. The maximum atomic E-state index is 12.8. The highest BCUT2D eigenvalue weighted by Gasteiger charge is 2.17. The van der Waals surface area contributed by atoms with Crippen molar-refractivity contribution in [3.05, 3.63) is 42.2 Å². The predicted molar refractivity (Wildman–Crippen MR) is 128 cm³/mol. The third kappa shape index (κ3) is 5.37. The Bertz CT molecular complexity index is 1130. The molecular formula is C23H29N7O4. The minimum Gasteiger partial charge on any atom is -0.497 e. The average Bonchev–Trinajstić information content (AvgIpc) is 3.28. The molecule has 1 saturated heterocycles. The van der Waals surface area contributed by atoms with Gasteiger partial charge in [0.25, 0.3) is 5.91 Å². The summed E-state index contributed by atoms with van der Waals surface area (Å²) >= 11 is 0. The number of nitrogens with one attached hydrogen (secondary N) is 2. The number of morpholine rings is 1. The zero-order valence-corrected chi connectivity index (χ0v) is 19.6. The van der Waals surface area contributed by atoms with Crippen LogP contribution in [0.4, 0.5) is 11.5 Å². The van der Waals surface area contributed by atoms with Gasteiger partial charge in [0, 0.05) is 44.9 Å². The van der Waals surface area contributed by atoms with Gasteiger partial charge < -0.3 is 29.7 Å². The van der Waals surface area contributed by atoms with Gasteiger partial charge in [-0.1, -0.05) is 0 Å². The molecule has 0 bridgehead atoms. The van der Waals surface area contributed by atoms with Crippen molar-refractivity contribution in [1.82, 2.24) is 25.3 Å². The number of carbonyl (C=O) groups is 1. The van der Waals surface area contributed by atoms with E-state index in [-0.39, 0.29) is 5.91 Å². The number of ether oxygens (including phenoxy) is 3. The van der Waals surface area contributed by atoms with E-state index in [1.807, 2.05) is 24.3 Å². The average molecular weight is 468 g/mol. The Morgan fingerprint density at radius 2 is 1.94 bits per heavy atom. The first kappa shape index (κ1) is 23.3. The number of carbonyl (C=O) groups excluding carboxylic acids is 1. The molecule has 0 spiro atoms. The third-order valence-electron chi connectivity index (χ3n) is 5.53. The molecule has 3 aromatic rings. The zero-order chi connectivity index (χ0) is 23.9. The predicted octanol–water partition coefficient (Wildman–Crippen LogP) is 1.57. The molecule has 11 nitrogen and oxygen atoms in total. The van der Waals surface area contributed by atoms with E-state index in [0.717, 1.165) is 24.3 Å². The molecule has 1 amide bonds. The topological polar surface area (TPSA) is 116 Å². The Morgan fingerprint density at radius 1 is 1.12 bits per heavy atom. The van der Waals surface area contributed by atoms with Crippen LogP contribution in [0.3, 0.4) is 0 Å². The van der Waals surface area contributed by atoms with Crippen LogP contribution in [0.15, 0.2) is 36.5 Å². The van der Waals surface area contributed by atoms with E-state index in [1.165, 1.54) is 0 Å². The van der Waals surface area contributed by atoms with Crippen molar-refractivity contribution in [2.75, 3.05) is 63.8 Å². The van der Waals surface area contributed by atoms with Crippen LogP contribution in [-0.2, 0) is 11.8 Å². The Labute approximate surface area is 198 Å². The number of amides is 1. The molecule has 11 heteroatoms. The van der Waals surface area contributed by atoms with Gasteiger partial charge >= 0.3 is 0 Å². The van der Waals surface area contributed by atoms with Crippen molar-refractivity contribution in [1.29, 1.82) is 0 Å². The lowest BCUT2D eigenvalue weighted by Gasteiger charge is -2.28. The Morgan fingerprint density at radius 3 is 2.71 bits per heavy atom. The highest BCUT2D eigenvalue weighted by atomic mass is 16.5. The van der Waals surface area contributed by atoms with E-state index in [0.29, 0.717) is 55.0 Å². The smallest absolute Gasteiger partial charge is 0.269 e. The van der Waals surface area contributed by atoms with E-state index < -0.39 is 0 Å². The van der Waals surface area contributed by atoms with E-state index in [9.17, 15) is 4.79 Å². The molecule has 0 unspecified atom stereocenters. The van der Waals surface area contributed by atoms with Crippen LogP contribution < -0.4 is 25.0 Å². The molecule has 1 aliphatic rings. The highest BCUT2D eigenvalue weighted by Crippen LogP contribution is 2.32. The molecule has 0 atom stereocenters. The highest BCUT2D eigenvalue weighted by molar-refractivity contribution is 5.94. The Balaban J connectivity index is 1.34. The lowest BCUT2D eigenvalue weighted by Crippen LogP contribution is -2.36. The van der Waals surface area contributed by atoms with Crippen LogP contribution in [0, 0.1) is 0 Å². The van der Waals surface area contributed by atoms with Crippen molar-refractivity contribution < 1.29 is 19.0 Å². The minimum atomic E-state index is -0.224. The van der Waals surface area contributed by atoms with Crippen LogP contribution in [-0.4, -0.2) is 79.5 Å². The summed E-state index contributed by atoms with van der Waals surface area (Å²) in [6.07, 6.45) is 1.75. The maximum absolute atomic E-state index is 12.8. The molecule has 1 fully saturated rings. The number of anilines is 2. The van der Waals surface area contributed by atoms with Crippen LogP contribution >= 0.6 is 0 Å². The van der Waals surface area contributed by atoms with Gasteiger partial charge in [-0.05, 0) is 24.3 Å². The van der Waals surface area contributed by atoms with Gasteiger partial charge in [0.15, 0.2) is 5.82 Å². The molecule has 0 aliphatic carbocycles. The molecule has 180 valence electrons. The summed E-state index contributed by atoms with van der Waals surface area (Å²) in [6, 6.07) is 9.14. The molecule has 2 N–H and O–H groups in total. The van der Waals surface area contributed by atoms with Crippen LogP contribution in [0.25, 0.3) is 11.3 Å². The summed E-state index contributed by atoms with van der Waals surface area (Å²) in [4.78, 5) is 15.0. The minimum absolute atomic E-state index is 0.224. The van der Waals surface area contributed by atoms with E-state index in [2.05, 4.69) is 30.8 Å². The molecule has 1 aromatic carbocycles. The second-order valence-electron chi connectivity index (χ2n) is 7.69. The standard InChI is InChI=1S/C23H29N7O4/c1-29-20(14-19(28-29)18-13-17(32-2)4-5-21(18)33-3)23(31)25-7-6-24-22-12-16(15-26-27-22)30-8-10-34-11-9-30/h4-5,12-15H,6-11H2,1-3H3,(H,24,27)(H,25,31). The Kier molecular flexibility index (Phi) is 7.43. The van der Waals surface area contributed by atoms with Crippen LogP contribution in [0.2, 0.25) is 0 Å². The molecule has 3 heterocycles. The largest absolute Gasteiger partial charge is 0.497 e. The summed E-state index contributed by atoms with van der Waals surface area (Å²) in [6.45, 7) is 3.98. The van der Waals surface area contributed by atoms with Crippen molar-refractivity contribution in [3.8, 4) is 22.8 Å². The molecule has 2 aromatic heterocycles. The molecular weight excluding hydrogens is 438 g/mol. The second kappa shape index (κ2) is 10.8. The van der Waals surface area contributed by atoms with Gasteiger partial charge in [0.2, 0.25) is 0 Å². The SMILES string of the molecule is COc1ccc(OC)c(-c2cc(C(=O)NCCNc3cc(N4CCOCC4)cnn3)n(C)n2)c1. The zero-order valence-electron chi connectivity index (χ0n) is 19.6. The number of nitrogens with zero attached hydrogens (tertiary/aromatic N) is 5. The molecule has 0 radical (unpaired) electrons. The summed E-state index contributed by atoms with van der Waals surface area (Å²) in [5.41, 5.74) is 2.81. The first-order valence-corrected chi connectivity index (χ1v) is 11.0. The fourth-order valence-corrected chi connectivity index (χ4v) is 3.72. The summed E-state index contributed by atoms with van der Waals surface area (Å²) in [5.74, 6) is 1.76. The monoisotopic (exact) mass is 467 g/mol. The van der Waals surface area contributed by atoms with E-state index in [1.54, 1.807) is 38.2 Å². The molecule has 0 saturated carbocycles. The Hall–Kier alpha value is -3.86. The number of aromatic nitrogens is 4. The van der Waals surface area contributed by atoms with Gasteiger partial charge in [0.1, 0.15) is 17.2 Å². The van der Waals surface area contributed by atoms with Crippen LogP contribution in [0.5, 0.6) is 11.5 Å². The molecule has 4 rings (SSSR count). The summed E-state index contributed by atoms with van der Waals surface area (Å²) < 4.78 is 17.7. The van der Waals surface area contributed by atoms with Crippen molar-refractivity contribution >= 4 is 17.4 Å². The van der Waals surface area contributed by atoms with Gasteiger partial charge in [-0.15, -0.1) is 5.10 Å². The van der Waals surface area contributed by atoms with Crippen molar-refractivity contribution in [2.24, 2.45) is 7.05 Å². The lowest BCUT2D eigenvalue weighted by atomic mass is 10.1. The third-order valence-corrected chi connectivity index (χ3v) is 5.53. The van der Waals surface area contributed by atoms with Gasteiger partial charge in [-0.25, -0.2) is 0 Å². The number of hydrogen-bond donors (Lipinski definition) is 2. The fourth-order valence-electron chi connectivity index (χ4n) is 3.72. The fraction of sp³-hybridized carbons (Fsp3) is 0.391. The molecule has 1 aliphatic heterocycles. The lowest BCUT2D eigenvalue weighted by molar-refractivity contribution is 0.0945. The van der Waals surface area contributed by atoms with Crippen LogP contribution in [0.1, 0.15) is 10.5 Å². The summed E-state index contributed by atoms with van der Waals surface area (Å²) in [5, 5.41) is 18.8. The maximum Gasteiger partial charge on any atom is 0.269 e. The van der Waals surface area contributed by atoms with E-state index in [4.69, 9.17) is 14.2 Å². The van der Waals surface area contributed by atoms with Gasteiger partial charge in [-0.2, -0.15) is 10.2 Å². The second-order valence-corrected chi connectivity index (χ2v) is 7.69. The first-order chi connectivity index (χ1) is 16.6. The number of hydrogen-bond acceptors (Lipinski definition) is 9. The number of rotatable bonds is 9. The van der Waals surface area contributed by atoms with Crippen molar-refractivity contribution in [2.45, 2.75) is 0 Å². The van der Waals surface area contributed by atoms with E-state index >= 15 is 0 Å². The van der Waals surface area contributed by atoms with Gasteiger partial charge in [-0.3, -0.25) is 9.48 Å². The quantitative estimate of drug-likeness (QED) is 0.453. The number of methoxy groups -OCH3 is 2. The number of aryl methyl sites for hydroxylation is 1. The first-order valence-electron chi connectivity index (χ1n) is 11.0. The number of benzene rings is 1. The van der Waals surface area contributed by atoms with Gasteiger partial charge in [0.05, 0.1) is 45.0 Å². The van der Waals surface area contributed by atoms with Crippen molar-refractivity contribution in [3.63, 3.8) is 0 Å². The summed E-state index contributed by atoms with van der Waals surface area (Å²) in [7, 11) is 4.92. The normalized spacial score (nSPS) is 13.4.